The summed E-state index contributed by atoms with van der Waals surface area (Å²) in [6.07, 6.45) is 0.533. The number of anilines is 1. The van der Waals surface area contributed by atoms with Crippen molar-refractivity contribution < 1.29 is 4.79 Å². The first kappa shape index (κ1) is 13.1. The predicted molar refractivity (Wildman–Crippen MR) is 77.7 cm³/mol. The van der Waals surface area contributed by atoms with Crippen molar-refractivity contribution in [2.75, 3.05) is 17.3 Å². The van der Waals surface area contributed by atoms with Gasteiger partial charge in [-0.25, -0.2) is 4.98 Å². The first-order chi connectivity index (χ1) is 9.67. The number of hydrogen-bond donors (Lipinski definition) is 1. The molecule has 104 valence electrons. The number of aryl methyl sites for hydroxylation is 1. The Morgan fingerprint density at radius 3 is 2.70 bits per heavy atom. The molecule has 1 unspecified atom stereocenters. The number of carbonyl (C=O) groups excluding carboxylic acids is 1. The molecule has 2 heterocycles. The highest BCUT2D eigenvalue weighted by Crippen LogP contribution is 2.27. The first-order valence-corrected chi connectivity index (χ1v) is 7.06. The smallest absolute Gasteiger partial charge is 0.227 e. The zero-order valence-electron chi connectivity index (χ0n) is 11.1. The van der Waals surface area contributed by atoms with Crippen LogP contribution in [0.15, 0.2) is 24.3 Å². The first-order valence-electron chi connectivity index (χ1n) is 6.53. The number of H-pyrrole nitrogens is 1. The van der Waals surface area contributed by atoms with Crippen molar-refractivity contribution in [2.24, 2.45) is 5.92 Å². The Balaban J connectivity index is 1.81. The van der Waals surface area contributed by atoms with Gasteiger partial charge in [0.15, 0.2) is 5.82 Å². The van der Waals surface area contributed by atoms with E-state index in [0.29, 0.717) is 24.7 Å². The van der Waals surface area contributed by atoms with E-state index in [-0.39, 0.29) is 11.8 Å². The summed E-state index contributed by atoms with van der Waals surface area (Å²) in [5.41, 5.74) is 1.83. The molecule has 5 nitrogen and oxygen atoms in total. The lowest BCUT2D eigenvalue weighted by Gasteiger charge is -2.16. The van der Waals surface area contributed by atoms with Gasteiger partial charge in [0.25, 0.3) is 0 Å². The molecule has 0 aliphatic carbocycles. The van der Waals surface area contributed by atoms with Crippen LogP contribution >= 0.6 is 11.6 Å². The Morgan fingerprint density at radius 2 is 2.15 bits per heavy atom. The summed E-state index contributed by atoms with van der Waals surface area (Å²) in [5.74, 6) is 2.36. The summed E-state index contributed by atoms with van der Waals surface area (Å²) < 4.78 is 0. The van der Waals surface area contributed by atoms with Crippen molar-refractivity contribution in [2.45, 2.75) is 13.3 Å². The van der Waals surface area contributed by atoms with Crippen LogP contribution in [0.2, 0.25) is 0 Å². The van der Waals surface area contributed by atoms with Gasteiger partial charge in [0.2, 0.25) is 5.91 Å². The molecule has 1 saturated heterocycles. The highest BCUT2D eigenvalue weighted by Gasteiger charge is 2.29. The minimum Gasteiger partial charge on any atom is -0.312 e. The van der Waals surface area contributed by atoms with Gasteiger partial charge in [0.1, 0.15) is 5.82 Å². The zero-order valence-corrected chi connectivity index (χ0v) is 11.9. The molecule has 1 atom stereocenters. The molecular weight excluding hydrogens is 276 g/mol. The molecule has 0 radical (unpaired) electrons. The van der Waals surface area contributed by atoms with Crippen LogP contribution in [0.5, 0.6) is 0 Å². The quantitative estimate of drug-likeness (QED) is 0.883. The number of amides is 1. The van der Waals surface area contributed by atoms with Gasteiger partial charge in [-0.15, -0.1) is 11.6 Å². The summed E-state index contributed by atoms with van der Waals surface area (Å²) in [4.78, 5) is 18.0. The Morgan fingerprint density at radius 1 is 1.40 bits per heavy atom. The summed E-state index contributed by atoms with van der Waals surface area (Å²) >= 11 is 5.83. The number of carbonyl (C=O) groups is 1. The second kappa shape index (κ2) is 5.25. The number of alkyl halides is 1. The molecule has 0 bridgehead atoms. The van der Waals surface area contributed by atoms with Crippen LogP contribution in [0.25, 0.3) is 11.4 Å². The molecule has 6 heteroatoms. The molecule has 1 aliphatic heterocycles. The van der Waals surface area contributed by atoms with Crippen molar-refractivity contribution in [3.05, 3.63) is 30.1 Å². The molecule has 1 aromatic carbocycles. The summed E-state index contributed by atoms with van der Waals surface area (Å²) in [6, 6.07) is 7.71. The van der Waals surface area contributed by atoms with Gasteiger partial charge in [0.05, 0.1) is 0 Å². The van der Waals surface area contributed by atoms with Crippen LogP contribution < -0.4 is 4.90 Å². The lowest BCUT2D eigenvalue weighted by Crippen LogP contribution is -2.24. The third-order valence-corrected chi connectivity index (χ3v) is 3.89. The van der Waals surface area contributed by atoms with Gasteiger partial charge in [-0.05, 0) is 37.1 Å². The van der Waals surface area contributed by atoms with Crippen LogP contribution in [-0.2, 0) is 4.79 Å². The average Bonchev–Trinajstić information content (AvgIpc) is 3.05. The number of rotatable bonds is 3. The largest absolute Gasteiger partial charge is 0.312 e. The molecular formula is C14H15ClN4O. The standard InChI is InChI=1S/C14H15ClN4O/c1-9-16-14(18-17-9)11-2-4-12(5-3-11)19-8-10(7-15)6-13(19)20/h2-5,10H,6-8H2,1H3,(H,16,17,18). The Hall–Kier alpha value is -1.88. The van der Waals surface area contributed by atoms with Crippen LogP contribution in [0.3, 0.4) is 0 Å². The van der Waals surface area contributed by atoms with E-state index in [2.05, 4.69) is 15.2 Å². The van der Waals surface area contributed by atoms with Crippen molar-refractivity contribution in [3.63, 3.8) is 0 Å². The molecule has 0 saturated carbocycles. The summed E-state index contributed by atoms with van der Waals surface area (Å²) in [6.45, 7) is 2.56. The third-order valence-electron chi connectivity index (χ3n) is 3.46. The molecule has 1 aromatic heterocycles. The monoisotopic (exact) mass is 290 g/mol. The normalized spacial score (nSPS) is 18.8. The van der Waals surface area contributed by atoms with E-state index in [9.17, 15) is 4.79 Å². The van der Waals surface area contributed by atoms with E-state index < -0.39 is 0 Å². The fourth-order valence-electron chi connectivity index (χ4n) is 2.40. The summed E-state index contributed by atoms with van der Waals surface area (Å²) in [7, 11) is 0. The maximum atomic E-state index is 11.9. The molecule has 1 N–H and O–H groups in total. The van der Waals surface area contributed by atoms with Crippen LogP contribution in [-0.4, -0.2) is 33.5 Å². The number of nitrogens with one attached hydrogen (secondary N) is 1. The van der Waals surface area contributed by atoms with Crippen molar-refractivity contribution in [3.8, 4) is 11.4 Å². The van der Waals surface area contributed by atoms with Gasteiger partial charge in [-0.3, -0.25) is 9.89 Å². The fourth-order valence-corrected chi connectivity index (χ4v) is 2.60. The van der Waals surface area contributed by atoms with Crippen molar-refractivity contribution in [1.82, 2.24) is 15.2 Å². The zero-order chi connectivity index (χ0) is 14.1. The number of benzene rings is 1. The van der Waals surface area contributed by atoms with Crippen LogP contribution in [0.4, 0.5) is 5.69 Å². The Kier molecular flexibility index (Phi) is 3.44. The predicted octanol–water partition coefficient (Wildman–Crippen LogP) is 2.37. The maximum absolute atomic E-state index is 11.9. The Labute approximate surface area is 122 Å². The van der Waals surface area contributed by atoms with E-state index in [1.807, 2.05) is 31.2 Å². The van der Waals surface area contributed by atoms with Gasteiger partial charge in [-0.1, -0.05) is 0 Å². The van der Waals surface area contributed by atoms with Crippen molar-refractivity contribution in [1.29, 1.82) is 0 Å². The number of aromatic amines is 1. The minimum atomic E-state index is 0.136. The second-order valence-electron chi connectivity index (χ2n) is 5.02. The molecule has 1 aliphatic rings. The topological polar surface area (TPSA) is 61.9 Å². The Bertz CT molecular complexity index is 622. The van der Waals surface area contributed by atoms with Crippen LogP contribution in [0, 0.1) is 12.8 Å². The third kappa shape index (κ3) is 2.41. The number of halogens is 1. The van der Waals surface area contributed by atoms with Gasteiger partial charge >= 0.3 is 0 Å². The highest BCUT2D eigenvalue weighted by atomic mass is 35.5. The molecule has 1 fully saturated rings. The molecule has 2 aromatic rings. The molecule has 0 spiro atoms. The second-order valence-corrected chi connectivity index (χ2v) is 5.33. The van der Waals surface area contributed by atoms with E-state index in [1.165, 1.54) is 0 Å². The van der Waals surface area contributed by atoms with E-state index >= 15 is 0 Å². The van der Waals surface area contributed by atoms with E-state index in [4.69, 9.17) is 11.6 Å². The van der Waals surface area contributed by atoms with Gasteiger partial charge in [0, 0.05) is 30.1 Å². The van der Waals surface area contributed by atoms with Gasteiger partial charge < -0.3 is 4.90 Å². The molecule has 20 heavy (non-hydrogen) atoms. The maximum Gasteiger partial charge on any atom is 0.227 e. The number of hydrogen-bond acceptors (Lipinski definition) is 3. The number of nitrogens with zero attached hydrogens (tertiary/aromatic N) is 3. The minimum absolute atomic E-state index is 0.136. The average molecular weight is 291 g/mol. The fraction of sp³-hybridized carbons (Fsp3) is 0.357. The molecule has 1 amide bonds. The summed E-state index contributed by atoms with van der Waals surface area (Å²) in [5, 5.41) is 6.94. The number of aromatic nitrogens is 3. The van der Waals surface area contributed by atoms with E-state index in [1.54, 1.807) is 4.90 Å². The van der Waals surface area contributed by atoms with Crippen LogP contribution in [0.1, 0.15) is 12.2 Å². The molecule has 3 rings (SSSR count). The lowest BCUT2D eigenvalue weighted by atomic mass is 10.1. The van der Waals surface area contributed by atoms with Gasteiger partial charge in [-0.2, -0.15) is 5.10 Å². The van der Waals surface area contributed by atoms with Crippen molar-refractivity contribution >= 4 is 23.2 Å². The highest BCUT2D eigenvalue weighted by molar-refractivity contribution is 6.18. The lowest BCUT2D eigenvalue weighted by molar-refractivity contribution is -0.117. The van der Waals surface area contributed by atoms with E-state index in [0.717, 1.165) is 17.1 Å². The SMILES string of the molecule is Cc1nc(-c2ccc(N3CC(CCl)CC3=O)cc2)n[nH]1.